The molecule has 1 atom stereocenters. The number of hydrogen-bond donors (Lipinski definition) is 1. The number of nitrogens with one attached hydrogen (secondary N) is 1. The molecule has 0 spiro atoms. The Morgan fingerprint density at radius 2 is 1.63 bits per heavy atom. The molecule has 8 nitrogen and oxygen atoms in total. The van der Waals surface area contributed by atoms with Crippen molar-refractivity contribution >= 4 is 50.7 Å². The number of carbonyl (C=O) groups excluding carboxylic acids is 2. The Morgan fingerprint density at radius 3 is 2.22 bits per heavy atom. The molecule has 3 aromatic rings. The smallest absolute Gasteiger partial charge is 0.264 e. The van der Waals surface area contributed by atoms with Crippen LogP contribution in [0.1, 0.15) is 38.8 Å². The van der Waals surface area contributed by atoms with Crippen LogP contribution in [-0.2, 0) is 26.2 Å². The summed E-state index contributed by atoms with van der Waals surface area (Å²) in [7, 11) is -2.80. The second-order valence-corrected chi connectivity index (χ2v) is 13.4. The number of rotatable bonds is 10. The second kappa shape index (κ2) is 13.1. The number of methoxy groups -OCH3 is 1. The number of sulfonamides is 1. The van der Waals surface area contributed by atoms with E-state index in [1.54, 1.807) is 61.5 Å². The van der Waals surface area contributed by atoms with Gasteiger partial charge in [0.15, 0.2) is 0 Å². The molecular formula is C30H35Cl2N3O5S. The molecule has 3 rings (SSSR count). The lowest BCUT2D eigenvalue weighted by molar-refractivity contribution is -0.140. The summed E-state index contributed by atoms with van der Waals surface area (Å²) in [5.74, 6) is -0.718. The fourth-order valence-corrected chi connectivity index (χ4v) is 5.88. The molecule has 0 heterocycles. The first-order chi connectivity index (χ1) is 19.1. The van der Waals surface area contributed by atoms with E-state index >= 15 is 0 Å². The zero-order valence-corrected chi connectivity index (χ0v) is 26.3. The topological polar surface area (TPSA) is 96.0 Å². The largest absolute Gasteiger partial charge is 0.495 e. The lowest BCUT2D eigenvalue weighted by Gasteiger charge is -2.34. The number of halogens is 2. The van der Waals surface area contributed by atoms with Gasteiger partial charge in [-0.05, 0) is 82.1 Å². The highest BCUT2D eigenvalue weighted by atomic mass is 35.5. The number of anilines is 1. The third-order valence-corrected chi connectivity index (χ3v) is 8.73. The number of hydrogen-bond acceptors (Lipinski definition) is 5. The van der Waals surface area contributed by atoms with Crippen LogP contribution >= 0.6 is 23.2 Å². The first-order valence-electron chi connectivity index (χ1n) is 12.9. The van der Waals surface area contributed by atoms with Crippen LogP contribution < -0.4 is 14.4 Å². The fraction of sp³-hybridized carbons (Fsp3) is 0.333. The van der Waals surface area contributed by atoms with Crippen LogP contribution in [0.4, 0.5) is 5.69 Å². The molecule has 2 amide bonds. The van der Waals surface area contributed by atoms with Crippen molar-refractivity contribution in [3.8, 4) is 5.75 Å². The van der Waals surface area contributed by atoms with E-state index in [1.807, 2.05) is 27.7 Å². The maximum Gasteiger partial charge on any atom is 0.264 e. The Hall–Kier alpha value is -3.27. The van der Waals surface area contributed by atoms with Crippen molar-refractivity contribution < 1.29 is 22.7 Å². The predicted octanol–water partition coefficient (Wildman–Crippen LogP) is 5.84. The highest BCUT2D eigenvalue weighted by Crippen LogP contribution is 2.34. The Kier molecular flexibility index (Phi) is 10.3. The minimum absolute atomic E-state index is 0.00548. The number of ether oxygens (including phenoxy) is 1. The summed E-state index contributed by atoms with van der Waals surface area (Å²) in [5, 5.41) is 3.53. The highest BCUT2D eigenvalue weighted by Gasteiger charge is 2.34. The van der Waals surface area contributed by atoms with Crippen LogP contribution in [0.2, 0.25) is 10.0 Å². The molecule has 0 saturated heterocycles. The van der Waals surface area contributed by atoms with Crippen LogP contribution in [0.25, 0.3) is 0 Å². The Morgan fingerprint density at radius 1 is 0.976 bits per heavy atom. The molecular weight excluding hydrogens is 585 g/mol. The van der Waals surface area contributed by atoms with Crippen LogP contribution in [0.15, 0.2) is 71.6 Å². The molecule has 11 heteroatoms. The molecule has 0 aromatic heterocycles. The molecule has 0 saturated carbocycles. The number of nitrogens with zero attached hydrogens (tertiary/aromatic N) is 2. The molecule has 0 aliphatic rings. The first kappa shape index (κ1) is 32.2. The fourth-order valence-electron chi connectivity index (χ4n) is 4.12. The van der Waals surface area contributed by atoms with Crippen molar-refractivity contribution in [2.24, 2.45) is 0 Å². The Bertz CT molecular complexity index is 1510. The summed E-state index contributed by atoms with van der Waals surface area (Å²) < 4.78 is 34.5. The summed E-state index contributed by atoms with van der Waals surface area (Å²) in [4.78, 5) is 28.7. The van der Waals surface area contributed by atoms with Gasteiger partial charge in [0.05, 0.1) is 27.7 Å². The maximum absolute atomic E-state index is 14.1. The van der Waals surface area contributed by atoms with Crippen LogP contribution in [0.3, 0.4) is 0 Å². The minimum Gasteiger partial charge on any atom is -0.495 e. The van der Waals surface area contributed by atoms with Gasteiger partial charge in [-0.15, -0.1) is 0 Å². The van der Waals surface area contributed by atoms with Crippen molar-refractivity contribution in [1.29, 1.82) is 0 Å². The van der Waals surface area contributed by atoms with E-state index < -0.39 is 40.0 Å². The summed E-state index contributed by atoms with van der Waals surface area (Å²) in [6, 6.07) is 16.9. The van der Waals surface area contributed by atoms with Gasteiger partial charge in [-0.3, -0.25) is 13.9 Å². The summed E-state index contributed by atoms with van der Waals surface area (Å²) >= 11 is 12.3. The van der Waals surface area contributed by atoms with Gasteiger partial charge in [0.2, 0.25) is 11.8 Å². The van der Waals surface area contributed by atoms with Gasteiger partial charge >= 0.3 is 0 Å². The molecule has 0 aliphatic heterocycles. The van der Waals surface area contributed by atoms with E-state index in [2.05, 4.69) is 5.32 Å². The molecule has 0 bridgehead atoms. The van der Waals surface area contributed by atoms with Gasteiger partial charge in [0.25, 0.3) is 10.0 Å². The summed E-state index contributed by atoms with van der Waals surface area (Å²) in [6.45, 7) is 8.31. The highest BCUT2D eigenvalue weighted by molar-refractivity contribution is 7.92. The number of carbonyl (C=O) groups is 2. The average Bonchev–Trinajstić information content (AvgIpc) is 2.91. The van der Waals surface area contributed by atoms with Gasteiger partial charge in [0, 0.05) is 12.1 Å². The average molecular weight is 621 g/mol. The number of benzene rings is 3. The zero-order chi connectivity index (χ0) is 30.5. The first-order valence-corrected chi connectivity index (χ1v) is 15.1. The van der Waals surface area contributed by atoms with Gasteiger partial charge in [-0.1, -0.05) is 53.5 Å². The van der Waals surface area contributed by atoms with Gasteiger partial charge < -0.3 is 15.0 Å². The molecule has 1 N–H and O–H groups in total. The standard InChI is InChI=1S/C30H35Cl2N3O5S/c1-20-12-15-27(40-6)26(16-20)35(41(38,39)23-10-8-7-9-11-23)19-28(36)34(21(2)29(37)33-30(3,4)5)18-22-13-14-24(31)25(32)17-22/h7-17,21H,18-19H2,1-6H3,(H,33,37)/t21-/m0/s1. The van der Waals surface area contributed by atoms with Crippen molar-refractivity contribution in [2.75, 3.05) is 18.0 Å². The minimum atomic E-state index is -4.23. The maximum atomic E-state index is 14.1. The second-order valence-electron chi connectivity index (χ2n) is 10.7. The number of amides is 2. The van der Waals surface area contributed by atoms with E-state index in [-0.39, 0.29) is 22.9 Å². The normalized spacial score (nSPS) is 12.4. The van der Waals surface area contributed by atoms with E-state index in [4.69, 9.17) is 27.9 Å². The SMILES string of the molecule is COc1ccc(C)cc1N(CC(=O)N(Cc1ccc(Cl)c(Cl)c1)[C@@H](C)C(=O)NC(C)(C)C)S(=O)(=O)c1ccccc1. The zero-order valence-electron chi connectivity index (χ0n) is 23.9. The van der Waals surface area contributed by atoms with Crippen molar-refractivity contribution in [1.82, 2.24) is 10.2 Å². The van der Waals surface area contributed by atoms with Gasteiger partial charge in [-0.2, -0.15) is 0 Å². The summed E-state index contributed by atoms with van der Waals surface area (Å²) in [6.07, 6.45) is 0. The molecule has 0 radical (unpaired) electrons. The van der Waals surface area contributed by atoms with Crippen LogP contribution in [0.5, 0.6) is 5.75 Å². The van der Waals surface area contributed by atoms with E-state index in [0.29, 0.717) is 15.6 Å². The van der Waals surface area contributed by atoms with Gasteiger partial charge in [-0.25, -0.2) is 8.42 Å². The van der Waals surface area contributed by atoms with E-state index in [1.165, 1.54) is 24.1 Å². The van der Waals surface area contributed by atoms with Crippen LogP contribution in [0, 0.1) is 6.92 Å². The van der Waals surface area contributed by atoms with E-state index in [9.17, 15) is 18.0 Å². The summed E-state index contributed by atoms with van der Waals surface area (Å²) in [5.41, 5.74) is 1.04. The molecule has 41 heavy (non-hydrogen) atoms. The van der Waals surface area contributed by atoms with Crippen molar-refractivity contribution in [3.63, 3.8) is 0 Å². The molecule has 0 aliphatic carbocycles. The number of aryl methyl sites for hydroxylation is 1. The Balaban J connectivity index is 2.11. The molecule has 0 fully saturated rings. The monoisotopic (exact) mass is 619 g/mol. The molecule has 220 valence electrons. The van der Waals surface area contributed by atoms with Crippen molar-refractivity contribution in [3.05, 3.63) is 87.9 Å². The van der Waals surface area contributed by atoms with Crippen molar-refractivity contribution in [2.45, 2.75) is 57.6 Å². The van der Waals surface area contributed by atoms with Gasteiger partial charge in [0.1, 0.15) is 18.3 Å². The third kappa shape index (κ3) is 8.15. The predicted molar refractivity (Wildman–Crippen MR) is 163 cm³/mol. The third-order valence-electron chi connectivity index (χ3n) is 6.22. The quantitative estimate of drug-likeness (QED) is 0.308. The van der Waals surface area contributed by atoms with E-state index in [0.717, 1.165) is 9.87 Å². The molecule has 3 aromatic carbocycles. The molecule has 0 unspecified atom stereocenters. The Labute approximate surface area is 252 Å². The van der Waals surface area contributed by atoms with Crippen LogP contribution in [-0.4, -0.2) is 50.4 Å². The lowest BCUT2D eigenvalue weighted by atomic mass is 10.1. The lowest BCUT2D eigenvalue weighted by Crippen LogP contribution is -2.54.